The standard InChI is InChI=1S/C10H10IN3O/c1-7(15)9-6-14(13-12-9)10-5-3-2-4-8(10)11/h2-7,15H,1H3. The molecule has 0 saturated carbocycles. The van der Waals surface area contributed by atoms with Crippen molar-refractivity contribution >= 4 is 22.6 Å². The third-order valence-electron chi connectivity index (χ3n) is 2.04. The van der Waals surface area contributed by atoms with E-state index < -0.39 is 6.10 Å². The summed E-state index contributed by atoms with van der Waals surface area (Å²) in [5.74, 6) is 0. The number of hydrogen-bond acceptors (Lipinski definition) is 3. The molecule has 0 spiro atoms. The molecule has 4 nitrogen and oxygen atoms in total. The summed E-state index contributed by atoms with van der Waals surface area (Å²) in [6, 6.07) is 7.88. The van der Waals surface area contributed by atoms with Crippen LogP contribution in [0.25, 0.3) is 5.69 Å². The molecule has 0 aliphatic rings. The molecule has 5 heteroatoms. The van der Waals surface area contributed by atoms with Crippen molar-refractivity contribution in [2.45, 2.75) is 13.0 Å². The van der Waals surface area contributed by atoms with E-state index in [4.69, 9.17) is 0 Å². The zero-order valence-corrected chi connectivity index (χ0v) is 10.3. The average molecular weight is 315 g/mol. The van der Waals surface area contributed by atoms with Gasteiger partial charge in [-0.15, -0.1) is 5.10 Å². The fraction of sp³-hybridized carbons (Fsp3) is 0.200. The van der Waals surface area contributed by atoms with Gasteiger partial charge in [0.15, 0.2) is 0 Å². The molecule has 0 aliphatic carbocycles. The number of aliphatic hydroxyl groups excluding tert-OH is 1. The van der Waals surface area contributed by atoms with Crippen molar-refractivity contribution in [3.63, 3.8) is 0 Å². The molecule has 0 radical (unpaired) electrons. The first-order chi connectivity index (χ1) is 7.18. The van der Waals surface area contributed by atoms with E-state index in [0.29, 0.717) is 5.69 Å². The number of para-hydroxylation sites is 1. The van der Waals surface area contributed by atoms with Crippen molar-refractivity contribution in [3.05, 3.63) is 39.7 Å². The van der Waals surface area contributed by atoms with Crippen LogP contribution in [-0.4, -0.2) is 20.1 Å². The van der Waals surface area contributed by atoms with Gasteiger partial charge in [0.2, 0.25) is 0 Å². The first kappa shape index (κ1) is 10.6. The Morgan fingerprint density at radius 3 is 2.73 bits per heavy atom. The van der Waals surface area contributed by atoms with Gasteiger partial charge in [0.05, 0.1) is 18.0 Å². The molecular formula is C10H10IN3O. The lowest BCUT2D eigenvalue weighted by Crippen LogP contribution is -1.97. The SMILES string of the molecule is CC(O)c1cn(-c2ccccc2I)nn1. The van der Waals surface area contributed by atoms with Crippen LogP contribution in [-0.2, 0) is 0 Å². The van der Waals surface area contributed by atoms with E-state index in [9.17, 15) is 5.11 Å². The third-order valence-corrected chi connectivity index (χ3v) is 2.95. The van der Waals surface area contributed by atoms with Crippen LogP contribution in [0.3, 0.4) is 0 Å². The first-order valence-electron chi connectivity index (χ1n) is 4.53. The molecule has 2 rings (SSSR count). The van der Waals surface area contributed by atoms with Crippen LogP contribution in [0.5, 0.6) is 0 Å². The average Bonchev–Trinajstić information content (AvgIpc) is 2.67. The Morgan fingerprint density at radius 2 is 2.13 bits per heavy atom. The van der Waals surface area contributed by atoms with Crippen molar-refractivity contribution in [1.29, 1.82) is 0 Å². The van der Waals surface area contributed by atoms with Gasteiger partial charge in [0, 0.05) is 3.57 Å². The summed E-state index contributed by atoms with van der Waals surface area (Å²) in [4.78, 5) is 0. The highest BCUT2D eigenvalue weighted by Gasteiger charge is 2.08. The zero-order valence-electron chi connectivity index (χ0n) is 8.13. The first-order valence-corrected chi connectivity index (χ1v) is 5.61. The molecule has 0 amide bonds. The molecule has 2 aromatic rings. The summed E-state index contributed by atoms with van der Waals surface area (Å²) < 4.78 is 2.77. The molecule has 0 saturated heterocycles. The quantitative estimate of drug-likeness (QED) is 0.862. The Balaban J connectivity index is 2.42. The second-order valence-corrected chi connectivity index (χ2v) is 4.38. The van der Waals surface area contributed by atoms with E-state index in [1.165, 1.54) is 0 Å². The van der Waals surface area contributed by atoms with Crippen LogP contribution in [0.1, 0.15) is 18.7 Å². The van der Waals surface area contributed by atoms with Crippen molar-refractivity contribution in [1.82, 2.24) is 15.0 Å². The Kier molecular flexibility index (Phi) is 3.01. The summed E-state index contributed by atoms with van der Waals surface area (Å²) in [7, 11) is 0. The molecule has 1 heterocycles. The lowest BCUT2D eigenvalue weighted by Gasteiger charge is -2.01. The second-order valence-electron chi connectivity index (χ2n) is 3.22. The summed E-state index contributed by atoms with van der Waals surface area (Å²) in [5.41, 5.74) is 1.55. The van der Waals surface area contributed by atoms with Gasteiger partial charge in [-0.1, -0.05) is 17.3 Å². The molecule has 1 aromatic carbocycles. The predicted octanol–water partition coefficient (Wildman–Crippen LogP) is 1.93. The van der Waals surface area contributed by atoms with E-state index in [1.54, 1.807) is 17.8 Å². The molecule has 0 aliphatic heterocycles. The molecule has 1 atom stereocenters. The molecule has 78 valence electrons. The molecule has 0 fully saturated rings. The highest BCUT2D eigenvalue weighted by Crippen LogP contribution is 2.17. The summed E-state index contributed by atoms with van der Waals surface area (Å²) >= 11 is 2.24. The van der Waals surface area contributed by atoms with Crippen LogP contribution >= 0.6 is 22.6 Å². The summed E-state index contributed by atoms with van der Waals surface area (Å²) in [6.45, 7) is 1.67. The number of hydrogen-bond donors (Lipinski definition) is 1. The minimum Gasteiger partial charge on any atom is -0.387 e. The number of benzene rings is 1. The maximum Gasteiger partial charge on any atom is 0.111 e. The van der Waals surface area contributed by atoms with Crippen molar-refractivity contribution < 1.29 is 5.11 Å². The van der Waals surface area contributed by atoms with Gasteiger partial charge in [0.25, 0.3) is 0 Å². The van der Waals surface area contributed by atoms with E-state index >= 15 is 0 Å². The van der Waals surface area contributed by atoms with E-state index in [-0.39, 0.29) is 0 Å². The highest BCUT2D eigenvalue weighted by atomic mass is 127. The Morgan fingerprint density at radius 1 is 1.40 bits per heavy atom. The molecule has 0 bridgehead atoms. The Hall–Kier alpha value is -0.950. The lowest BCUT2D eigenvalue weighted by molar-refractivity contribution is 0.194. The molecule has 1 unspecified atom stereocenters. The smallest absolute Gasteiger partial charge is 0.111 e. The molecular weight excluding hydrogens is 305 g/mol. The molecule has 1 aromatic heterocycles. The maximum absolute atomic E-state index is 9.34. The normalized spacial score (nSPS) is 12.7. The lowest BCUT2D eigenvalue weighted by atomic mass is 10.3. The molecule has 1 N–H and O–H groups in total. The van der Waals surface area contributed by atoms with Crippen molar-refractivity contribution in [2.24, 2.45) is 0 Å². The van der Waals surface area contributed by atoms with E-state index in [0.717, 1.165) is 9.26 Å². The maximum atomic E-state index is 9.34. The Labute approximate surface area is 101 Å². The Bertz CT molecular complexity index is 467. The second kappa shape index (κ2) is 4.28. The van der Waals surface area contributed by atoms with Crippen LogP contribution in [0.15, 0.2) is 30.5 Å². The van der Waals surface area contributed by atoms with Crippen molar-refractivity contribution in [2.75, 3.05) is 0 Å². The summed E-state index contributed by atoms with van der Waals surface area (Å²) in [6.07, 6.45) is 1.16. The van der Waals surface area contributed by atoms with Gasteiger partial charge in [0.1, 0.15) is 5.69 Å². The number of nitrogens with zero attached hydrogens (tertiary/aromatic N) is 3. The van der Waals surface area contributed by atoms with E-state index in [2.05, 4.69) is 32.9 Å². The van der Waals surface area contributed by atoms with Crippen LogP contribution in [0.2, 0.25) is 0 Å². The summed E-state index contributed by atoms with van der Waals surface area (Å²) in [5, 5.41) is 17.2. The monoisotopic (exact) mass is 315 g/mol. The van der Waals surface area contributed by atoms with Gasteiger partial charge in [-0.3, -0.25) is 0 Å². The van der Waals surface area contributed by atoms with Crippen LogP contribution in [0, 0.1) is 3.57 Å². The number of aromatic nitrogens is 3. The molecule has 15 heavy (non-hydrogen) atoms. The van der Waals surface area contributed by atoms with Gasteiger partial charge in [-0.2, -0.15) is 0 Å². The zero-order chi connectivity index (χ0) is 10.8. The number of aliphatic hydroxyl groups is 1. The van der Waals surface area contributed by atoms with Gasteiger partial charge in [-0.25, -0.2) is 4.68 Å². The highest BCUT2D eigenvalue weighted by molar-refractivity contribution is 14.1. The van der Waals surface area contributed by atoms with Crippen LogP contribution < -0.4 is 0 Å². The van der Waals surface area contributed by atoms with Crippen molar-refractivity contribution in [3.8, 4) is 5.69 Å². The van der Waals surface area contributed by atoms with Gasteiger partial charge < -0.3 is 5.11 Å². The third kappa shape index (κ3) is 2.18. The predicted molar refractivity (Wildman–Crippen MR) is 64.7 cm³/mol. The largest absolute Gasteiger partial charge is 0.387 e. The minimum atomic E-state index is -0.583. The van der Waals surface area contributed by atoms with Gasteiger partial charge in [-0.05, 0) is 41.6 Å². The van der Waals surface area contributed by atoms with Gasteiger partial charge >= 0.3 is 0 Å². The fourth-order valence-electron chi connectivity index (χ4n) is 1.22. The topological polar surface area (TPSA) is 50.9 Å². The van der Waals surface area contributed by atoms with E-state index in [1.807, 2.05) is 24.3 Å². The fourth-order valence-corrected chi connectivity index (χ4v) is 1.86. The number of rotatable bonds is 2. The number of halogens is 1. The minimum absolute atomic E-state index is 0.578. The van der Waals surface area contributed by atoms with Crippen LogP contribution in [0.4, 0.5) is 0 Å².